The number of anilines is 1. The van der Waals surface area contributed by atoms with Gasteiger partial charge in [0.15, 0.2) is 5.82 Å². The summed E-state index contributed by atoms with van der Waals surface area (Å²) in [5.74, 6) is -0.767. The summed E-state index contributed by atoms with van der Waals surface area (Å²) in [6, 6.07) is 16.4. The van der Waals surface area contributed by atoms with Crippen molar-refractivity contribution in [3.8, 4) is 11.4 Å². The van der Waals surface area contributed by atoms with Crippen LogP contribution in [0.1, 0.15) is 37.8 Å². The van der Waals surface area contributed by atoms with Crippen LogP contribution in [0.3, 0.4) is 0 Å². The van der Waals surface area contributed by atoms with E-state index < -0.39 is 11.4 Å². The van der Waals surface area contributed by atoms with E-state index in [1.54, 1.807) is 48.0 Å². The van der Waals surface area contributed by atoms with Crippen molar-refractivity contribution >= 4 is 17.6 Å². The number of hydrogen-bond acceptors (Lipinski definition) is 5. The Morgan fingerprint density at radius 2 is 1.93 bits per heavy atom. The summed E-state index contributed by atoms with van der Waals surface area (Å²) in [5.41, 5.74) is 0.626. The van der Waals surface area contributed by atoms with Crippen LogP contribution in [0.2, 0.25) is 0 Å². The van der Waals surface area contributed by atoms with Crippen molar-refractivity contribution in [1.82, 2.24) is 20.2 Å². The number of tetrazole rings is 1. The molecule has 0 aliphatic heterocycles. The third-order valence-corrected chi connectivity index (χ3v) is 5.19. The fourth-order valence-electron chi connectivity index (χ4n) is 3.32. The molecular formula is C21H21N5O3. The molecule has 1 heterocycles. The highest BCUT2D eigenvalue weighted by Crippen LogP contribution is 2.37. The fraction of sp³-hybridized carbons (Fsp3) is 0.286. The van der Waals surface area contributed by atoms with E-state index in [1.807, 2.05) is 18.2 Å². The van der Waals surface area contributed by atoms with Gasteiger partial charge in [-0.3, -0.25) is 9.59 Å². The lowest BCUT2D eigenvalue weighted by atomic mass is 9.79. The van der Waals surface area contributed by atoms with E-state index in [0.717, 1.165) is 18.4 Å². The van der Waals surface area contributed by atoms with Gasteiger partial charge in [-0.25, -0.2) is 4.68 Å². The second kappa shape index (κ2) is 7.46. The first kappa shape index (κ1) is 18.8. The Morgan fingerprint density at radius 3 is 2.62 bits per heavy atom. The molecule has 0 radical (unpaired) electrons. The SMILES string of the molecule is C[C@](CC(=O)Nc1cccc(-c2nnnn2C2CC2)c1)(C(=O)O)c1ccccc1. The zero-order valence-electron chi connectivity index (χ0n) is 15.9. The number of nitrogens with zero attached hydrogens (tertiary/aromatic N) is 4. The van der Waals surface area contributed by atoms with E-state index in [9.17, 15) is 14.7 Å². The topological polar surface area (TPSA) is 110 Å². The predicted octanol–water partition coefficient (Wildman–Crippen LogP) is 3.05. The lowest BCUT2D eigenvalue weighted by Crippen LogP contribution is -2.36. The summed E-state index contributed by atoms with van der Waals surface area (Å²) in [4.78, 5) is 24.6. The molecular weight excluding hydrogens is 370 g/mol. The summed E-state index contributed by atoms with van der Waals surface area (Å²) in [5, 5.41) is 24.5. The number of carbonyl (C=O) groups excluding carboxylic acids is 1. The average molecular weight is 391 g/mol. The van der Waals surface area contributed by atoms with E-state index in [2.05, 4.69) is 20.8 Å². The summed E-state index contributed by atoms with van der Waals surface area (Å²) in [7, 11) is 0. The largest absolute Gasteiger partial charge is 0.481 e. The molecule has 1 saturated carbocycles. The number of amides is 1. The van der Waals surface area contributed by atoms with E-state index in [0.29, 0.717) is 23.1 Å². The number of carboxylic acids is 1. The van der Waals surface area contributed by atoms with Crippen molar-refractivity contribution in [2.24, 2.45) is 0 Å². The first-order valence-electron chi connectivity index (χ1n) is 9.44. The molecule has 8 nitrogen and oxygen atoms in total. The smallest absolute Gasteiger partial charge is 0.314 e. The third-order valence-electron chi connectivity index (χ3n) is 5.19. The number of hydrogen-bond donors (Lipinski definition) is 2. The molecule has 8 heteroatoms. The first-order valence-corrected chi connectivity index (χ1v) is 9.44. The van der Waals surface area contributed by atoms with Gasteiger partial charge >= 0.3 is 5.97 Å². The molecule has 0 bridgehead atoms. The molecule has 1 aliphatic carbocycles. The fourth-order valence-corrected chi connectivity index (χ4v) is 3.32. The van der Waals surface area contributed by atoms with Gasteiger partial charge < -0.3 is 10.4 Å². The molecule has 1 atom stereocenters. The monoisotopic (exact) mass is 391 g/mol. The molecule has 4 rings (SSSR count). The number of aromatic nitrogens is 4. The number of nitrogens with one attached hydrogen (secondary N) is 1. The van der Waals surface area contributed by atoms with Gasteiger partial charge in [-0.15, -0.1) is 5.10 Å². The molecule has 29 heavy (non-hydrogen) atoms. The van der Waals surface area contributed by atoms with Gasteiger partial charge in [-0.1, -0.05) is 42.5 Å². The van der Waals surface area contributed by atoms with E-state index in [-0.39, 0.29) is 12.3 Å². The number of aliphatic carboxylic acids is 1. The molecule has 0 saturated heterocycles. The Balaban J connectivity index is 1.52. The predicted molar refractivity (Wildman–Crippen MR) is 106 cm³/mol. The average Bonchev–Trinajstić information content (AvgIpc) is 3.44. The van der Waals surface area contributed by atoms with Gasteiger partial charge in [0.1, 0.15) is 0 Å². The molecule has 148 valence electrons. The molecule has 1 fully saturated rings. The first-order chi connectivity index (χ1) is 14.0. The lowest BCUT2D eigenvalue weighted by molar-refractivity contribution is -0.145. The maximum Gasteiger partial charge on any atom is 0.314 e. The van der Waals surface area contributed by atoms with Crippen LogP contribution in [0.15, 0.2) is 54.6 Å². The molecule has 2 aromatic carbocycles. The van der Waals surface area contributed by atoms with Gasteiger partial charge in [-0.05, 0) is 47.9 Å². The minimum absolute atomic E-state index is 0.184. The molecule has 0 unspecified atom stereocenters. The number of carbonyl (C=O) groups is 2. The second-order valence-electron chi connectivity index (χ2n) is 7.49. The van der Waals surface area contributed by atoms with Crippen LogP contribution in [-0.4, -0.2) is 37.2 Å². The number of benzene rings is 2. The minimum atomic E-state index is -1.32. The summed E-state index contributed by atoms with van der Waals surface area (Å²) >= 11 is 0. The van der Waals surface area contributed by atoms with Crippen molar-refractivity contribution in [1.29, 1.82) is 0 Å². The Morgan fingerprint density at radius 1 is 1.17 bits per heavy atom. The van der Waals surface area contributed by atoms with Gasteiger partial charge in [0.05, 0.1) is 11.5 Å². The highest BCUT2D eigenvalue weighted by atomic mass is 16.4. The molecule has 1 aliphatic rings. The van der Waals surface area contributed by atoms with Gasteiger partial charge in [0.25, 0.3) is 0 Å². The Bertz CT molecular complexity index is 1050. The van der Waals surface area contributed by atoms with E-state index in [1.165, 1.54) is 0 Å². The van der Waals surface area contributed by atoms with Crippen LogP contribution >= 0.6 is 0 Å². The Kier molecular flexibility index (Phi) is 4.84. The molecule has 3 aromatic rings. The molecule has 1 amide bonds. The van der Waals surface area contributed by atoms with Crippen LogP contribution < -0.4 is 5.32 Å². The zero-order chi connectivity index (χ0) is 20.4. The van der Waals surface area contributed by atoms with Crippen LogP contribution in [0.5, 0.6) is 0 Å². The highest BCUT2D eigenvalue weighted by molar-refractivity contribution is 5.96. The summed E-state index contributed by atoms with van der Waals surface area (Å²) < 4.78 is 1.80. The molecule has 2 N–H and O–H groups in total. The van der Waals surface area contributed by atoms with Crippen molar-refractivity contribution in [2.45, 2.75) is 37.6 Å². The van der Waals surface area contributed by atoms with Crippen molar-refractivity contribution < 1.29 is 14.7 Å². The highest BCUT2D eigenvalue weighted by Gasteiger charge is 2.37. The third kappa shape index (κ3) is 3.87. The Hall–Kier alpha value is -3.55. The van der Waals surface area contributed by atoms with Gasteiger partial charge in [0, 0.05) is 17.7 Å². The van der Waals surface area contributed by atoms with Crippen LogP contribution in [-0.2, 0) is 15.0 Å². The van der Waals surface area contributed by atoms with Crippen molar-refractivity contribution in [2.75, 3.05) is 5.32 Å². The minimum Gasteiger partial charge on any atom is -0.481 e. The van der Waals surface area contributed by atoms with Crippen LogP contribution in [0.25, 0.3) is 11.4 Å². The molecule has 0 spiro atoms. The quantitative estimate of drug-likeness (QED) is 0.641. The van der Waals surface area contributed by atoms with Gasteiger partial charge in [0.2, 0.25) is 5.91 Å². The maximum absolute atomic E-state index is 12.7. The van der Waals surface area contributed by atoms with Crippen molar-refractivity contribution in [3.05, 3.63) is 60.2 Å². The van der Waals surface area contributed by atoms with Crippen LogP contribution in [0.4, 0.5) is 5.69 Å². The lowest BCUT2D eigenvalue weighted by Gasteiger charge is -2.24. The Labute approximate surface area is 167 Å². The van der Waals surface area contributed by atoms with E-state index >= 15 is 0 Å². The van der Waals surface area contributed by atoms with E-state index in [4.69, 9.17) is 0 Å². The van der Waals surface area contributed by atoms with Crippen molar-refractivity contribution in [3.63, 3.8) is 0 Å². The zero-order valence-corrected chi connectivity index (χ0v) is 15.9. The number of carboxylic acid groups (broad SMARTS) is 1. The second-order valence-corrected chi connectivity index (χ2v) is 7.49. The van der Waals surface area contributed by atoms with Gasteiger partial charge in [-0.2, -0.15) is 0 Å². The normalized spacial score (nSPS) is 15.5. The summed E-state index contributed by atoms with van der Waals surface area (Å²) in [6.07, 6.45) is 1.93. The molecule has 1 aromatic heterocycles. The van der Waals surface area contributed by atoms with Crippen LogP contribution in [0, 0.1) is 0 Å². The maximum atomic E-state index is 12.7. The summed E-state index contributed by atoms with van der Waals surface area (Å²) in [6.45, 7) is 1.56. The number of rotatable bonds is 7. The standard InChI is InChI=1S/C21H21N5O3/c1-21(20(28)29,15-7-3-2-4-8-15)13-18(27)22-16-9-5-6-14(12-16)19-23-24-25-26(19)17-10-11-17/h2-9,12,17H,10-11,13H2,1H3,(H,22,27)(H,28,29)/t21-/m1/s1.